The summed E-state index contributed by atoms with van der Waals surface area (Å²) in [7, 11) is 0. The predicted molar refractivity (Wildman–Crippen MR) is 121 cm³/mol. The number of aromatic nitrogens is 4. The molecule has 3 N–H and O–H groups in total. The first-order chi connectivity index (χ1) is 14.6. The summed E-state index contributed by atoms with van der Waals surface area (Å²) in [4.78, 5) is 10.4. The van der Waals surface area contributed by atoms with Crippen LogP contribution in [0.15, 0.2) is 66.0 Å². The van der Waals surface area contributed by atoms with E-state index in [1.807, 2.05) is 29.0 Å². The Balaban J connectivity index is 1.65. The van der Waals surface area contributed by atoms with E-state index in [0.29, 0.717) is 33.7 Å². The molecule has 0 amide bonds. The lowest BCUT2D eigenvalue weighted by atomic mass is 10.2. The van der Waals surface area contributed by atoms with Crippen molar-refractivity contribution >= 4 is 50.2 Å². The van der Waals surface area contributed by atoms with E-state index in [9.17, 15) is 4.39 Å². The second-order valence-corrected chi connectivity index (χ2v) is 8.38. The quantitative estimate of drug-likeness (QED) is 0.387. The van der Waals surface area contributed by atoms with Gasteiger partial charge in [-0.25, -0.2) is 19.0 Å². The van der Waals surface area contributed by atoms with Gasteiger partial charge >= 0.3 is 0 Å². The number of benzene rings is 1. The second-order valence-electron chi connectivity index (χ2n) is 6.48. The molecule has 0 atom stereocenters. The molecule has 0 radical (unpaired) electrons. The fourth-order valence-electron chi connectivity index (χ4n) is 3.01. The summed E-state index contributed by atoms with van der Waals surface area (Å²) < 4.78 is 15.1. The van der Waals surface area contributed by atoms with E-state index in [4.69, 9.17) is 15.7 Å². The molecule has 5 rings (SSSR count). The van der Waals surface area contributed by atoms with Gasteiger partial charge in [0.15, 0.2) is 11.5 Å². The molecule has 0 fully saturated rings. The smallest absolute Gasteiger partial charge is 0.169 e. The highest BCUT2D eigenvalue weighted by molar-refractivity contribution is 7.16. The molecule has 6 nitrogen and oxygen atoms in total. The third kappa shape index (κ3) is 3.34. The fourth-order valence-corrected chi connectivity index (χ4v) is 4.35. The van der Waals surface area contributed by atoms with Crippen LogP contribution in [0.3, 0.4) is 0 Å². The fraction of sp³-hybridized carbons (Fsp3) is 0. The van der Waals surface area contributed by atoms with Crippen LogP contribution in [0.2, 0.25) is 0 Å². The van der Waals surface area contributed by atoms with Crippen molar-refractivity contribution in [2.75, 3.05) is 11.1 Å². The maximum absolute atomic E-state index is 13.4. The number of nitrogens with zero attached hydrogens (tertiary/aromatic N) is 4. The lowest BCUT2D eigenvalue weighted by Crippen LogP contribution is -2.03. The van der Waals surface area contributed by atoms with Crippen LogP contribution in [0.4, 0.5) is 15.2 Å². The van der Waals surface area contributed by atoms with Crippen molar-refractivity contribution in [1.29, 1.82) is 0 Å². The SMILES string of the molecule is C=C(Nc1nc(-c2ccsc2)nc2c1cnn2-c1ccc(F)cc1)c1ccc(N)s1. The van der Waals surface area contributed by atoms with Crippen LogP contribution in [0.1, 0.15) is 4.88 Å². The molecule has 4 heterocycles. The van der Waals surface area contributed by atoms with Gasteiger partial charge in [0.05, 0.1) is 27.1 Å². The van der Waals surface area contributed by atoms with Crippen LogP contribution in [-0.2, 0) is 0 Å². The van der Waals surface area contributed by atoms with E-state index in [-0.39, 0.29) is 5.82 Å². The van der Waals surface area contributed by atoms with Crippen molar-refractivity contribution in [3.63, 3.8) is 0 Å². The number of hydrogen-bond acceptors (Lipinski definition) is 7. The minimum atomic E-state index is -0.308. The number of hydrogen-bond donors (Lipinski definition) is 2. The van der Waals surface area contributed by atoms with Gasteiger partial charge in [-0.1, -0.05) is 6.58 Å². The van der Waals surface area contributed by atoms with Gasteiger partial charge in [0, 0.05) is 16.6 Å². The molecule has 0 saturated heterocycles. The van der Waals surface area contributed by atoms with Gasteiger partial charge in [-0.15, -0.1) is 11.3 Å². The van der Waals surface area contributed by atoms with Crippen LogP contribution < -0.4 is 11.1 Å². The molecular weight excluding hydrogens is 419 g/mol. The van der Waals surface area contributed by atoms with E-state index in [2.05, 4.69) is 17.0 Å². The first kappa shape index (κ1) is 18.5. The van der Waals surface area contributed by atoms with E-state index < -0.39 is 0 Å². The largest absolute Gasteiger partial charge is 0.391 e. The number of rotatable bonds is 5. The van der Waals surface area contributed by atoms with Crippen molar-refractivity contribution in [1.82, 2.24) is 19.7 Å². The zero-order valence-corrected chi connectivity index (χ0v) is 17.2. The number of nitrogens with two attached hydrogens (primary N) is 1. The summed E-state index contributed by atoms with van der Waals surface area (Å²) in [6.45, 7) is 4.12. The van der Waals surface area contributed by atoms with Crippen LogP contribution >= 0.6 is 22.7 Å². The number of anilines is 2. The zero-order valence-electron chi connectivity index (χ0n) is 15.5. The van der Waals surface area contributed by atoms with Gasteiger partial charge in [0.2, 0.25) is 0 Å². The number of nitrogen functional groups attached to an aromatic ring is 1. The minimum Gasteiger partial charge on any atom is -0.391 e. The van der Waals surface area contributed by atoms with Gasteiger partial charge in [-0.2, -0.15) is 16.4 Å². The summed E-state index contributed by atoms with van der Waals surface area (Å²) in [5.41, 5.74) is 8.76. The number of fused-ring (bicyclic) bond motifs is 1. The molecule has 0 aliphatic carbocycles. The molecule has 0 saturated carbocycles. The van der Waals surface area contributed by atoms with Crippen molar-refractivity contribution in [3.8, 4) is 17.1 Å². The Hall–Kier alpha value is -3.56. The van der Waals surface area contributed by atoms with Crippen LogP contribution in [0.25, 0.3) is 33.8 Å². The predicted octanol–water partition coefficient (Wildman–Crippen LogP) is 5.41. The van der Waals surface area contributed by atoms with Crippen molar-refractivity contribution in [2.24, 2.45) is 0 Å². The monoisotopic (exact) mass is 434 g/mol. The topological polar surface area (TPSA) is 81.7 Å². The van der Waals surface area contributed by atoms with E-state index >= 15 is 0 Å². The average Bonchev–Trinajstić information content (AvgIpc) is 3.49. The molecule has 30 heavy (non-hydrogen) atoms. The Labute approximate surface area is 179 Å². The summed E-state index contributed by atoms with van der Waals surface area (Å²) in [6, 6.07) is 11.8. The standard InChI is InChI=1S/C21H15FN6S2/c1-12(17-6-7-18(23)30-17)25-20-16-10-24-28(15-4-2-14(22)3-5-15)21(16)27-19(26-20)13-8-9-29-11-13/h2-11H,1,23H2,(H,25,26,27). The molecular formula is C21H15FN6S2. The molecule has 0 aliphatic rings. The average molecular weight is 435 g/mol. The Morgan fingerprint density at radius 1 is 1.10 bits per heavy atom. The Kier molecular flexibility index (Phi) is 4.53. The van der Waals surface area contributed by atoms with Gasteiger partial charge in [-0.3, -0.25) is 0 Å². The number of thiophene rings is 2. The van der Waals surface area contributed by atoms with E-state index in [1.165, 1.54) is 23.5 Å². The first-order valence-corrected chi connectivity index (χ1v) is 10.7. The van der Waals surface area contributed by atoms with Gasteiger partial charge in [0.1, 0.15) is 11.6 Å². The molecule has 4 aromatic heterocycles. The van der Waals surface area contributed by atoms with Crippen molar-refractivity contribution in [3.05, 3.63) is 76.7 Å². The zero-order chi connectivity index (χ0) is 20.7. The van der Waals surface area contributed by atoms with Gasteiger partial charge in [-0.05, 0) is 47.8 Å². The van der Waals surface area contributed by atoms with Crippen LogP contribution in [-0.4, -0.2) is 19.7 Å². The van der Waals surface area contributed by atoms with Gasteiger partial charge in [0.25, 0.3) is 0 Å². The van der Waals surface area contributed by atoms with Crippen LogP contribution in [0.5, 0.6) is 0 Å². The van der Waals surface area contributed by atoms with Crippen LogP contribution in [0, 0.1) is 5.82 Å². The van der Waals surface area contributed by atoms with Gasteiger partial charge < -0.3 is 11.1 Å². The summed E-state index contributed by atoms with van der Waals surface area (Å²) >= 11 is 3.01. The Morgan fingerprint density at radius 2 is 1.93 bits per heavy atom. The lowest BCUT2D eigenvalue weighted by molar-refractivity contribution is 0.627. The summed E-state index contributed by atoms with van der Waals surface area (Å²) in [5.74, 6) is 0.845. The highest BCUT2D eigenvalue weighted by Gasteiger charge is 2.16. The highest BCUT2D eigenvalue weighted by Crippen LogP contribution is 2.31. The summed E-state index contributed by atoms with van der Waals surface area (Å²) in [6.07, 6.45) is 1.69. The normalized spacial score (nSPS) is 11.1. The molecule has 0 bridgehead atoms. The number of halogens is 1. The molecule has 0 aliphatic heterocycles. The molecule has 5 aromatic rings. The van der Waals surface area contributed by atoms with E-state index in [0.717, 1.165) is 15.8 Å². The molecule has 148 valence electrons. The third-order valence-electron chi connectivity index (χ3n) is 4.47. The maximum Gasteiger partial charge on any atom is 0.169 e. The van der Waals surface area contributed by atoms with Crippen molar-refractivity contribution in [2.45, 2.75) is 0 Å². The van der Waals surface area contributed by atoms with Crippen molar-refractivity contribution < 1.29 is 4.39 Å². The maximum atomic E-state index is 13.4. The Bertz CT molecular complexity index is 1350. The highest BCUT2D eigenvalue weighted by atomic mass is 32.1. The minimum absolute atomic E-state index is 0.308. The lowest BCUT2D eigenvalue weighted by Gasteiger charge is -2.10. The third-order valence-corrected chi connectivity index (χ3v) is 6.13. The molecule has 1 aromatic carbocycles. The first-order valence-electron chi connectivity index (χ1n) is 8.94. The van der Waals surface area contributed by atoms with E-state index in [1.54, 1.807) is 34.3 Å². The Morgan fingerprint density at radius 3 is 2.63 bits per heavy atom. The molecule has 9 heteroatoms. The molecule has 0 spiro atoms. The summed E-state index contributed by atoms with van der Waals surface area (Å²) in [5, 5.41) is 13.2. The molecule has 0 unspecified atom stereocenters. The number of nitrogens with one attached hydrogen (secondary N) is 1. The second kappa shape index (κ2) is 7.36.